The Morgan fingerprint density at radius 2 is 0.680 bits per heavy atom. The standard InChI is InChI=1S/C44H28N6/c45-29-30-19-21-32(22-20-30)39-28-40(47-41(46-39)34-11-4-1-5-12-34)33-25-23-31(24-26-33)37-17-10-18-38(27-37)44-49-42(35-13-6-2-7-14-35)48-43(50-44)36-15-8-3-9-16-36/h1-28H. The van der Waals surface area contributed by atoms with Crippen LogP contribution in [0.5, 0.6) is 0 Å². The molecule has 6 nitrogen and oxygen atoms in total. The summed E-state index contributed by atoms with van der Waals surface area (Å²) < 4.78 is 0. The van der Waals surface area contributed by atoms with Gasteiger partial charge in [-0.3, -0.25) is 0 Å². The normalized spacial score (nSPS) is 10.8. The molecule has 0 atom stereocenters. The quantitative estimate of drug-likeness (QED) is 0.172. The number of aromatic nitrogens is 5. The number of nitriles is 1. The Balaban J connectivity index is 1.15. The van der Waals surface area contributed by atoms with Crippen LogP contribution < -0.4 is 0 Å². The maximum Gasteiger partial charge on any atom is 0.164 e. The van der Waals surface area contributed by atoms with Gasteiger partial charge in [0.25, 0.3) is 0 Å². The van der Waals surface area contributed by atoms with E-state index in [9.17, 15) is 5.26 Å². The van der Waals surface area contributed by atoms with Gasteiger partial charge in [-0.1, -0.05) is 146 Å². The summed E-state index contributed by atoms with van der Waals surface area (Å²) in [4.78, 5) is 24.5. The fourth-order valence-electron chi connectivity index (χ4n) is 5.78. The monoisotopic (exact) mass is 640 g/mol. The molecular weight excluding hydrogens is 613 g/mol. The number of rotatable bonds is 7. The third kappa shape index (κ3) is 6.40. The lowest BCUT2D eigenvalue weighted by Crippen LogP contribution is -2.00. The average Bonchev–Trinajstić information content (AvgIpc) is 3.21. The second-order valence-corrected chi connectivity index (χ2v) is 11.7. The summed E-state index contributed by atoms with van der Waals surface area (Å²) in [6.45, 7) is 0. The molecule has 0 saturated heterocycles. The number of hydrogen-bond donors (Lipinski definition) is 0. The Labute approximate surface area is 290 Å². The first-order valence-corrected chi connectivity index (χ1v) is 16.2. The van der Waals surface area contributed by atoms with Gasteiger partial charge < -0.3 is 0 Å². The van der Waals surface area contributed by atoms with Crippen LogP contribution in [0.25, 0.3) is 79.2 Å². The molecule has 0 unspecified atom stereocenters. The van der Waals surface area contributed by atoms with Crippen LogP contribution in [-0.4, -0.2) is 24.9 Å². The predicted molar refractivity (Wildman–Crippen MR) is 198 cm³/mol. The van der Waals surface area contributed by atoms with E-state index in [1.165, 1.54) is 0 Å². The van der Waals surface area contributed by atoms with Crippen molar-refractivity contribution in [2.45, 2.75) is 0 Å². The van der Waals surface area contributed by atoms with Crippen molar-refractivity contribution in [1.29, 1.82) is 5.26 Å². The molecule has 50 heavy (non-hydrogen) atoms. The molecule has 0 spiro atoms. The molecule has 2 aromatic heterocycles. The zero-order valence-corrected chi connectivity index (χ0v) is 26.8. The molecule has 2 heterocycles. The summed E-state index contributed by atoms with van der Waals surface area (Å²) in [5, 5.41) is 9.29. The maximum atomic E-state index is 9.29. The van der Waals surface area contributed by atoms with Crippen LogP contribution in [0.15, 0.2) is 170 Å². The minimum absolute atomic E-state index is 0.606. The van der Waals surface area contributed by atoms with E-state index in [1.807, 2.05) is 133 Å². The fraction of sp³-hybridized carbons (Fsp3) is 0. The zero-order valence-electron chi connectivity index (χ0n) is 26.8. The third-order valence-corrected chi connectivity index (χ3v) is 8.40. The van der Waals surface area contributed by atoms with Crippen LogP contribution in [-0.2, 0) is 0 Å². The van der Waals surface area contributed by atoms with Crippen molar-refractivity contribution in [3.8, 4) is 85.3 Å². The molecule has 0 radical (unpaired) electrons. The topological polar surface area (TPSA) is 88.2 Å². The molecule has 0 amide bonds. The lowest BCUT2D eigenvalue weighted by molar-refractivity contribution is 1.07. The summed E-state index contributed by atoms with van der Waals surface area (Å²) in [5.74, 6) is 2.51. The van der Waals surface area contributed by atoms with E-state index in [4.69, 9.17) is 24.9 Å². The highest BCUT2D eigenvalue weighted by Gasteiger charge is 2.14. The van der Waals surface area contributed by atoms with E-state index in [2.05, 4.69) is 42.5 Å². The molecule has 0 aliphatic rings. The number of benzene rings is 6. The Kier molecular flexibility index (Phi) is 8.20. The lowest BCUT2D eigenvalue weighted by atomic mass is 10.00. The molecular formula is C44H28N6. The summed E-state index contributed by atoms with van der Waals surface area (Å²) in [7, 11) is 0. The smallest absolute Gasteiger partial charge is 0.164 e. The number of hydrogen-bond acceptors (Lipinski definition) is 6. The van der Waals surface area contributed by atoms with Gasteiger partial charge >= 0.3 is 0 Å². The minimum atomic E-state index is 0.606. The zero-order chi connectivity index (χ0) is 33.7. The molecule has 6 aromatic carbocycles. The van der Waals surface area contributed by atoms with Crippen LogP contribution in [0, 0.1) is 11.3 Å². The van der Waals surface area contributed by atoms with E-state index < -0.39 is 0 Å². The Bertz CT molecular complexity index is 2400. The fourth-order valence-corrected chi connectivity index (χ4v) is 5.78. The van der Waals surface area contributed by atoms with Crippen molar-refractivity contribution in [3.05, 3.63) is 175 Å². The van der Waals surface area contributed by atoms with Gasteiger partial charge in [-0.25, -0.2) is 24.9 Å². The second kappa shape index (κ2) is 13.6. The third-order valence-electron chi connectivity index (χ3n) is 8.40. The van der Waals surface area contributed by atoms with Gasteiger partial charge in [0.1, 0.15) is 0 Å². The molecule has 234 valence electrons. The van der Waals surface area contributed by atoms with Crippen molar-refractivity contribution in [3.63, 3.8) is 0 Å². The summed E-state index contributed by atoms with van der Waals surface area (Å²) >= 11 is 0. The SMILES string of the molecule is N#Cc1ccc(-c2cc(-c3ccc(-c4cccc(-c5nc(-c6ccccc6)nc(-c6ccccc6)n5)c4)cc3)nc(-c3ccccc3)n2)cc1. The molecule has 0 aliphatic heterocycles. The van der Waals surface area contributed by atoms with E-state index in [-0.39, 0.29) is 0 Å². The van der Waals surface area contributed by atoms with Crippen molar-refractivity contribution in [1.82, 2.24) is 24.9 Å². The summed E-state index contributed by atoms with van der Waals surface area (Å²) in [6, 6.07) is 58.3. The molecule has 0 bridgehead atoms. The number of nitrogens with zero attached hydrogens (tertiary/aromatic N) is 6. The van der Waals surface area contributed by atoms with Gasteiger partial charge in [0.2, 0.25) is 0 Å². The van der Waals surface area contributed by atoms with Crippen molar-refractivity contribution < 1.29 is 0 Å². The maximum absolute atomic E-state index is 9.29. The van der Waals surface area contributed by atoms with Crippen LogP contribution in [0.4, 0.5) is 0 Å². The van der Waals surface area contributed by atoms with Crippen molar-refractivity contribution >= 4 is 0 Å². The van der Waals surface area contributed by atoms with E-state index in [0.717, 1.165) is 55.9 Å². The van der Waals surface area contributed by atoms with E-state index >= 15 is 0 Å². The first-order chi connectivity index (χ1) is 24.7. The van der Waals surface area contributed by atoms with Crippen molar-refractivity contribution in [2.75, 3.05) is 0 Å². The van der Waals surface area contributed by atoms with Crippen LogP contribution in [0.3, 0.4) is 0 Å². The van der Waals surface area contributed by atoms with E-state index in [1.54, 1.807) is 0 Å². The van der Waals surface area contributed by atoms with Crippen molar-refractivity contribution in [2.24, 2.45) is 0 Å². The predicted octanol–water partition coefficient (Wildman–Crippen LogP) is 10.2. The minimum Gasteiger partial charge on any atom is -0.228 e. The largest absolute Gasteiger partial charge is 0.228 e. The van der Waals surface area contributed by atoms with Crippen LogP contribution in [0.1, 0.15) is 5.56 Å². The Morgan fingerprint density at radius 3 is 1.16 bits per heavy atom. The lowest BCUT2D eigenvalue weighted by Gasteiger charge is -2.11. The first kappa shape index (κ1) is 30.2. The highest BCUT2D eigenvalue weighted by atomic mass is 15.0. The molecule has 0 fully saturated rings. The van der Waals surface area contributed by atoms with Gasteiger partial charge in [0.15, 0.2) is 23.3 Å². The van der Waals surface area contributed by atoms with Gasteiger partial charge in [-0.15, -0.1) is 0 Å². The van der Waals surface area contributed by atoms with Crippen LogP contribution >= 0.6 is 0 Å². The summed E-state index contributed by atoms with van der Waals surface area (Å²) in [5.41, 5.74) is 9.89. The average molecular weight is 641 g/mol. The van der Waals surface area contributed by atoms with E-state index in [0.29, 0.717) is 28.9 Å². The van der Waals surface area contributed by atoms with Gasteiger partial charge in [0, 0.05) is 33.4 Å². The molecule has 0 N–H and O–H groups in total. The molecule has 0 saturated carbocycles. The molecule has 8 aromatic rings. The highest BCUT2D eigenvalue weighted by molar-refractivity contribution is 5.76. The second-order valence-electron chi connectivity index (χ2n) is 11.7. The first-order valence-electron chi connectivity index (χ1n) is 16.2. The molecule has 6 heteroatoms. The van der Waals surface area contributed by atoms with Gasteiger partial charge in [-0.2, -0.15) is 5.26 Å². The summed E-state index contributed by atoms with van der Waals surface area (Å²) in [6.07, 6.45) is 0. The Hall–Kier alpha value is -7.10. The molecule has 8 rings (SSSR count). The van der Waals surface area contributed by atoms with Gasteiger partial charge in [0.05, 0.1) is 23.0 Å². The Morgan fingerprint density at radius 1 is 0.300 bits per heavy atom. The van der Waals surface area contributed by atoms with Gasteiger partial charge in [-0.05, 0) is 35.4 Å². The molecule has 0 aliphatic carbocycles. The highest BCUT2D eigenvalue weighted by Crippen LogP contribution is 2.31. The van der Waals surface area contributed by atoms with Crippen LogP contribution in [0.2, 0.25) is 0 Å².